The summed E-state index contributed by atoms with van der Waals surface area (Å²) in [6, 6.07) is 1.71. The highest BCUT2D eigenvalue weighted by molar-refractivity contribution is 5.32. The van der Waals surface area contributed by atoms with E-state index in [2.05, 4.69) is 23.8 Å². The zero-order valence-electron chi connectivity index (χ0n) is 18.4. The highest BCUT2D eigenvalue weighted by Crippen LogP contribution is 2.32. The first-order chi connectivity index (χ1) is 15.7. The molecule has 0 spiro atoms. The summed E-state index contributed by atoms with van der Waals surface area (Å²) in [5.74, 6) is -3.27. The minimum absolute atomic E-state index is 0.0314. The van der Waals surface area contributed by atoms with E-state index < -0.39 is 36.5 Å². The summed E-state index contributed by atoms with van der Waals surface area (Å²) in [6.45, 7) is 2.17. The van der Waals surface area contributed by atoms with Gasteiger partial charge in [-0.1, -0.05) is 25.5 Å². The Hall–Kier alpha value is -1.75. The van der Waals surface area contributed by atoms with E-state index in [4.69, 9.17) is 18.9 Å². The van der Waals surface area contributed by atoms with Gasteiger partial charge in [-0.05, 0) is 31.4 Å². The molecule has 5 nitrogen and oxygen atoms in total. The van der Waals surface area contributed by atoms with Gasteiger partial charge in [0.25, 0.3) is 0 Å². The van der Waals surface area contributed by atoms with Crippen LogP contribution in [0.2, 0.25) is 0 Å². The third-order valence-corrected chi connectivity index (χ3v) is 5.31. The first-order valence-electron chi connectivity index (χ1n) is 11.1. The van der Waals surface area contributed by atoms with Crippen LogP contribution in [0.4, 0.5) is 22.0 Å². The zero-order valence-corrected chi connectivity index (χ0v) is 18.4. The van der Waals surface area contributed by atoms with E-state index in [9.17, 15) is 22.0 Å². The lowest BCUT2D eigenvalue weighted by Crippen LogP contribution is -2.33. The number of allylic oxidation sites excluding steroid dienone is 1. The first kappa shape index (κ1) is 25.9. The van der Waals surface area contributed by atoms with Crippen LogP contribution >= 0.6 is 0 Å². The molecule has 10 heteroatoms. The molecule has 0 radical (unpaired) electrons. The van der Waals surface area contributed by atoms with Gasteiger partial charge in [0, 0.05) is 17.4 Å². The van der Waals surface area contributed by atoms with E-state index in [-0.39, 0.29) is 23.7 Å². The lowest BCUT2D eigenvalue weighted by Gasteiger charge is -2.32. The smallest absolute Gasteiger partial charge is 0.422 e. The first-order valence-corrected chi connectivity index (χ1v) is 11.1. The molecule has 2 saturated heterocycles. The monoisotopic (exact) mass is 480 g/mol. The second kappa shape index (κ2) is 12.1. The minimum Gasteiger partial charge on any atom is -0.478 e. The molecule has 2 heterocycles. The summed E-state index contributed by atoms with van der Waals surface area (Å²) in [5, 5.41) is 0. The second-order valence-electron chi connectivity index (χ2n) is 8.23. The summed E-state index contributed by atoms with van der Waals surface area (Å²) < 4.78 is 91.8. The minimum atomic E-state index is -4.71. The van der Waals surface area contributed by atoms with Gasteiger partial charge in [0.2, 0.25) is 0 Å². The van der Waals surface area contributed by atoms with Crippen molar-refractivity contribution in [1.82, 2.24) is 0 Å². The molecular weight excluding hydrogens is 451 g/mol. The van der Waals surface area contributed by atoms with Crippen molar-refractivity contribution in [3.8, 4) is 5.75 Å². The molecule has 0 aliphatic carbocycles. The lowest BCUT2D eigenvalue weighted by molar-refractivity contribution is -0.217. The largest absolute Gasteiger partial charge is 0.478 e. The van der Waals surface area contributed by atoms with E-state index in [0.717, 1.165) is 31.4 Å². The van der Waals surface area contributed by atoms with E-state index in [1.165, 1.54) is 0 Å². The molecular formula is C23H29F5O5. The van der Waals surface area contributed by atoms with Crippen LogP contribution in [0.3, 0.4) is 0 Å². The molecule has 0 N–H and O–H groups in total. The summed E-state index contributed by atoms with van der Waals surface area (Å²) in [7, 11) is 0. The SMILES string of the molecule is CCCC=CC1COC(CCC2COC(c3cc(F)c(OCC(F)(F)F)c(F)c3)OC2)OC1. The Balaban J connectivity index is 1.41. The number of hydrogen-bond acceptors (Lipinski definition) is 5. The fraction of sp³-hybridized carbons (Fsp3) is 0.652. The number of benzene rings is 1. The number of hydrogen-bond donors (Lipinski definition) is 0. The van der Waals surface area contributed by atoms with Crippen molar-refractivity contribution >= 4 is 0 Å². The maximum absolute atomic E-state index is 14.1. The Labute approximate surface area is 189 Å². The molecule has 1 aromatic rings. The fourth-order valence-corrected chi connectivity index (χ4v) is 3.57. The normalized spacial score (nSPS) is 26.6. The highest BCUT2D eigenvalue weighted by Gasteiger charge is 2.31. The summed E-state index contributed by atoms with van der Waals surface area (Å²) in [4.78, 5) is 0. The molecule has 0 saturated carbocycles. The number of unbranched alkanes of at least 4 members (excludes halogenated alkanes) is 1. The molecule has 0 aromatic heterocycles. The van der Waals surface area contributed by atoms with Gasteiger partial charge in [-0.25, -0.2) is 8.78 Å². The maximum Gasteiger partial charge on any atom is 0.422 e. The van der Waals surface area contributed by atoms with Crippen LogP contribution in [0.25, 0.3) is 0 Å². The van der Waals surface area contributed by atoms with E-state index >= 15 is 0 Å². The number of halogens is 5. The molecule has 33 heavy (non-hydrogen) atoms. The van der Waals surface area contributed by atoms with Crippen molar-refractivity contribution in [3.63, 3.8) is 0 Å². The Morgan fingerprint density at radius 1 is 0.970 bits per heavy atom. The quantitative estimate of drug-likeness (QED) is 0.336. The van der Waals surface area contributed by atoms with Crippen LogP contribution in [0, 0.1) is 23.5 Å². The molecule has 1 aromatic carbocycles. The Bertz CT molecular complexity index is 746. The second-order valence-corrected chi connectivity index (χ2v) is 8.23. The molecule has 186 valence electrons. The van der Waals surface area contributed by atoms with Gasteiger partial charge in [-0.2, -0.15) is 13.2 Å². The van der Waals surface area contributed by atoms with Gasteiger partial charge >= 0.3 is 6.18 Å². The van der Waals surface area contributed by atoms with Gasteiger partial charge in [0.15, 0.2) is 36.6 Å². The van der Waals surface area contributed by atoms with Crippen LogP contribution in [0.5, 0.6) is 5.75 Å². The Kier molecular flexibility index (Phi) is 9.48. The standard InChI is InChI=1S/C23H29F5O5/c1-2-3-4-5-15-10-29-20(30-11-15)7-6-16-12-31-22(32-13-16)17-8-18(24)21(19(25)9-17)33-14-23(26,27)28/h4-5,8-9,15-16,20,22H,2-3,6-7,10-14H2,1H3. The van der Waals surface area contributed by atoms with Gasteiger partial charge in [0.05, 0.1) is 26.4 Å². The van der Waals surface area contributed by atoms with E-state index in [1.807, 2.05) is 0 Å². The average molecular weight is 480 g/mol. The Morgan fingerprint density at radius 3 is 2.18 bits per heavy atom. The van der Waals surface area contributed by atoms with Crippen LogP contribution < -0.4 is 4.74 Å². The van der Waals surface area contributed by atoms with Gasteiger partial charge in [0.1, 0.15) is 0 Å². The zero-order chi connectivity index (χ0) is 23.8. The molecule has 0 unspecified atom stereocenters. The predicted octanol–water partition coefficient (Wildman–Crippen LogP) is 5.69. The summed E-state index contributed by atoms with van der Waals surface area (Å²) in [6.07, 6.45) is 1.80. The van der Waals surface area contributed by atoms with Crippen LogP contribution in [-0.4, -0.2) is 45.5 Å². The third kappa shape index (κ3) is 8.20. The van der Waals surface area contributed by atoms with Gasteiger partial charge < -0.3 is 23.7 Å². The van der Waals surface area contributed by atoms with Crippen molar-refractivity contribution in [2.75, 3.05) is 33.0 Å². The van der Waals surface area contributed by atoms with Gasteiger partial charge in [-0.3, -0.25) is 0 Å². The molecule has 3 rings (SSSR count). The Morgan fingerprint density at radius 2 is 1.61 bits per heavy atom. The highest BCUT2D eigenvalue weighted by atomic mass is 19.4. The van der Waals surface area contributed by atoms with Crippen LogP contribution in [-0.2, 0) is 18.9 Å². The van der Waals surface area contributed by atoms with Crippen molar-refractivity contribution in [1.29, 1.82) is 0 Å². The molecule has 2 fully saturated rings. The molecule has 0 bridgehead atoms. The molecule has 0 amide bonds. The predicted molar refractivity (Wildman–Crippen MR) is 109 cm³/mol. The topological polar surface area (TPSA) is 46.2 Å². The van der Waals surface area contributed by atoms with Crippen molar-refractivity contribution in [2.24, 2.45) is 11.8 Å². The molecule has 2 aliphatic heterocycles. The third-order valence-electron chi connectivity index (χ3n) is 5.31. The maximum atomic E-state index is 14.1. The lowest BCUT2D eigenvalue weighted by atomic mass is 10.0. The summed E-state index contributed by atoms with van der Waals surface area (Å²) in [5.41, 5.74) is 0.0314. The van der Waals surface area contributed by atoms with Crippen molar-refractivity contribution in [2.45, 2.75) is 51.4 Å². The van der Waals surface area contributed by atoms with E-state index in [0.29, 0.717) is 32.8 Å². The van der Waals surface area contributed by atoms with Crippen LogP contribution in [0.15, 0.2) is 24.3 Å². The van der Waals surface area contributed by atoms with E-state index in [1.54, 1.807) is 0 Å². The van der Waals surface area contributed by atoms with Crippen molar-refractivity contribution < 1.29 is 45.6 Å². The number of alkyl halides is 3. The fourth-order valence-electron chi connectivity index (χ4n) is 3.57. The van der Waals surface area contributed by atoms with Crippen molar-refractivity contribution in [3.05, 3.63) is 41.5 Å². The molecule has 2 aliphatic rings. The van der Waals surface area contributed by atoms with Crippen LogP contribution in [0.1, 0.15) is 44.5 Å². The number of ether oxygens (including phenoxy) is 5. The van der Waals surface area contributed by atoms with Gasteiger partial charge in [-0.15, -0.1) is 0 Å². The summed E-state index contributed by atoms with van der Waals surface area (Å²) >= 11 is 0. The molecule has 0 atom stereocenters. The number of rotatable bonds is 9. The average Bonchev–Trinajstić information content (AvgIpc) is 2.78.